The number of nitrogens with one attached hydrogen (secondary N) is 2. The van der Waals surface area contributed by atoms with E-state index in [9.17, 15) is 9.59 Å². The summed E-state index contributed by atoms with van der Waals surface area (Å²) in [4.78, 5) is 25.4. The summed E-state index contributed by atoms with van der Waals surface area (Å²) in [5.41, 5.74) is 2.63. The van der Waals surface area contributed by atoms with Gasteiger partial charge in [0.2, 0.25) is 5.03 Å². The van der Waals surface area contributed by atoms with Gasteiger partial charge < -0.3 is 10.1 Å². The Morgan fingerprint density at radius 2 is 1.72 bits per heavy atom. The highest BCUT2D eigenvalue weighted by Gasteiger charge is 2.31. The number of urea groups is 1. The molecule has 162 valence electrons. The molecular formula is C24H23N4O3S+. The summed E-state index contributed by atoms with van der Waals surface area (Å²) < 4.78 is 9.30. The molecule has 4 rings (SSSR count). The molecule has 7 nitrogen and oxygen atoms in total. The molecule has 0 fully saturated rings. The van der Waals surface area contributed by atoms with E-state index in [-0.39, 0.29) is 5.69 Å². The first kappa shape index (κ1) is 21.5. The van der Waals surface area contributed by atoms with Crippen LogP contribution in [0.2, 0.25) is 0 Å². The lowest BCUT2D eigenvalue weighted by Crippen LogP contribution is -2.42. The van der Waals surface area contributed by atoms with Gasteiger partial charge in [-0.1, -0.05) is 61.2 Å². The van der Waals surface area contributed by atoms with E-state index in [1.54, 1.807) is 10.6 Å². The van der Waals surface area contributed by atoms with Gasteiger partial charge in [0, 0.05) is 12.6 Å². The monoisotopic (exact) mass is 447 g/mol. The van der Waals surface area contributed by atoms with Gasteiger partial charge in [-0.25, -0.2) is 4.79 Å². The van der Waals surface area contributed by atoms with Crippen LogP contribution >= 0.6 is 12.6 Å². The quantitative estimate of drug-likeness (QED) is 0.313. The molecule has 0 aliphatic rings. The van der Waals surface area contributed by atoms with Crippen LogP contribution in [0.15, 0.2) is 84.0 Å². The number of hydrogen-bond acceptors (Lipinski definition) is 4. The lowest BCUT2D eigenvalue weighted by molar-refractivity contribution is -0.514. The number of benzene rings is 2. The van der Waals surface area contributed by atoms with Crippen molar-refractivity contribution in [1.82, 2.24) is 15.2 Å². The first-order valence-corrected chi connectivity index (χ1v) is 10.6. The third-order valence-electron chi connectivity index (χ3n) is 4.88. The maximum absolute atomic E-state index is 13.1. The molecular weight excluding hydrogens is 424 g/mol. The van der Waals surface area contributed by atoms with Gasteiger partial charge in [0.15, 0.2) is 11.4 Å². The molecule has 0 unspecified atom stereocenters. The van der Waals surface area contributed by atoms with Gasteiger partial charge in [0.25, 0.3) is 11.3 Å². The summed E-state index contributed by atoms with van der Waals surface area (Å²) >= 11 is 4.66. The summed E-state index contributed by atoms with van der Waals surface area (Å²) in [6, 6.07) is 22.0. The summed E-state index contributed by atoms with van der Waals surface area (Å²) in [5, 5.41) is 5.49. The fraction of sp³-hybridized carbons (Fsp3) is 0.125. The summed E-state index contributed by atoms with van der Waals surface area (Å²) in [5.74, 6) is 0.105. The average Bonchev–Trinajstić information content (AvgIpc) is 3.10. The average molecular weight is 448 g/mol. The highest BCUT2D eigenvalue weighted by molar-refractivity contribution is 7.80. The van der Waals surface area contributed by atoms with Crippen molar-refractivity contribution >= 4 is 30.2 Å². The largest absolute Gasteiger partial charge is 0.489 e. The number of amides is 3. The standard InChI is InChI=1S/C24H22N4O3S/c1-2-31-19-13-7-6-12-18(19)28-20-14-8-9-15-27(20)21(23(28)32)22(29)26-24(30)25-16-17-10-4-3-5-11-17/h3-15H,2,16H2,1H3,(H2-,25,26,29,30,32)/p+1. The minimum absolute atomic E-state index is 0.241. The van der Waals surface area contributed by atoms with E-state index in [4.69, 9.17) is 4.74 Å². The SMILES string of the molecule is CCOc1ccccc1-n1c(S)c(C(=O)NC(=O)NCc2ccccc2)[n+]2ccccc12. The highest BCUT2D eigenvalue weighted by atomic mass is 32.1. The Morgan fingerprint density at radius 3 is 2.50 bits per heavy atom. The van der Waals surface area contributed by atoms with Crippen LogP contribution in [0.3, 0.4) is 0 Å². The highest BCUT2D eigenvalue weighted by Crippen LogP contribution is 2.28. The molecule has 2 N–H and O–H groups in total. The van der Waals surface area contributed by atoms with Crippen molar-refractivity contribution in [3.05, 3.63) is 90.3 Å². The first-order chi connectivity index (χ1) is 15.6. The molecule has 3 amide bonds. The van der Waals surface area contributed by atoms with E-state index in [1.165, 1.54) is 0 Å². The second-order valence-corrected chi connectivity index (χ2v) is 7.38. The van der Waals surface area contributed by atoms with Crippen LogP contribution in [0.1, 0.15) is 23.0 Å². The third-order valence-corrected chi connectivity index (χ3v) is 5.29. The third kappa shape index (κ3) is 4.31. The molecule has 2 aromatic heterocycles. The zero-order valence-corrected chi connectivity index (χ0v) is 18.4. The van der Waals surface area contributed by atoms with E-state index in [0.717, 1.165) is 11.3 Å². The van der Waals surface area contributed by atoms with Gasteiger partial charge in [-0.2, -0.15) is 8.97 Å². The molecule has 0 atom stereocenters. The van der Waals surface area contributed by atoms with Crippen LogP contribution in [0.4, 0.5) is 4.79 Å². The summed E-state index contributed by atoms with van der Waals surface area (Å²) in [6.07, 6.45) is 1.76. The van der Waals surface area contributed by atoms with Crippen molar-refractivity contribution < 1.29 is 18.7 Å². The van der Waals surface area contributed by atoms with Crippen LogP contribution in [0, 0.1) is 0 Å². The Kier molecular flexibility index (Phi) is 6.42. The number of carbonyl (C=O) groups excluding carboxylic acids is 2. The number of ether oxygens (including phenoxy) is 1. The van der Waals surface area contributed by atoms with Gasteiger partial charge in [-0.05, 0) is 30.7 Å². The number of hydrogen-bond donors (Lipinski definition) is 3. The van der Waals surface area contributed by atoms with Crippen LogP contribution < -0.4 is 19.8 Å². The zero-order chi connectivity index (χ0) is 22.5. The Balaban J connectivity index is 1.66. The van der Waals surface area contributed by atoms with Gasteiger partial charge >= 0.3 is 11.9 Å². The first-order valence-electron chi connectivity index (χ1n) is 10.2. The number of nitrogens with zero attached hydrogens (tertiary/aromatic N) is 2. The van der Waals surface area contributed by atoms with E-state index < -0.39 is 11.9 Å². The molecule has 2 aromatic carbocycles. The smallest absolute Gasteiger partial charge is 0.322 e. The molecule has 2 heterocycles. The van der Waals surface area contributed by atoms with Crippen LogP contribution in [-0.2, 0) is 6.54 Å². The topological polar surface area (TPSA) is 76.5 Å². The number of imidazole rings is 1. The van der Waals surface area contributed by atoms with Crippen LogP contribution in [-0.4, -0.2) is 23.1 Å². The summed E-state index contributed by atoms with van der Waals surface area (Å²) in [6.45, 7) is 2.72. The number of carbonyl (C=O) groups is 2. The Hall–Kier alpha value is -3.78. The molecule has 0 saturated heterocycles. The van der Waals surface area contributed by atoms with Crippen LogP contribution in [0.5, 0.6) is 5.75 Å². The maximum atomic E-state index is 13.1. The molecule has 0 spiro atoms. The fourth-order valence-corrected chi connectivity index (χ4v) is 3.90. The minimum Gasteiger partial charge on any atom is -0.489 e. The van der Waals surface area contributed by atoms with Crippen molar-refractivity contribution in [1.29, 1.82) is 0 Å². The molecule has 32 heavy (non-hydrogen) atoms. The van der Waals surface area contributed by atoms with Crippen LogP contribution in [0.25, 0.3) is 11.3 Å². The molecule has 8 heteroatoms. The number of thiol groups is 1. The number of para-hydroxylation sites is 2. The Morgan fingerprint density at radius 1 is 1.00 bits per heavy atom. The van der Waals surface area contributed by atoms with Gasteiger partial charge in [0.1, 0.15) is 0 Å². The van der Waals surface area contributed by atoms with E-state index in [1.807, 2.05) is 84.3 Å². The predicted molar refractivity (Wildman–Crippen MR) is 123 cm³/mol. The summed E-state index contributed by atoms with van der Waals surface area (Å²) in [7, 11) is 0. The van der Waals surface area contributed by atoms with Crippen molar-refractivity contribution in [3.8, 4) is 11.4 Å². The number of rotatable bonds is 6. The molecule has 0 radical (unpaired) electrons. The van der Waals surface area contributed by atoms with Gasteiger partial charge in [-0.15, -0.1) is 0 Å². The van der Waals surface area contributed by atoms with Crippen molar-refractivity contribution in [2.24, 2.45) is 0 Å². The molecule has 4 aromatic rings. The number of aromatic nitrogens is 2. The number of fused-ring (bicyclic) bond motifs is 1. The second-order valence-electron chi connectivity index (χ2n) is 6.96. The minimum atomic E-state index is -0.585. The van der Waals surface area contributed by atoms with E-state index >= 15 is 0 Å². The lowest BCUT2D eigenvalue weighted by Gasteiger charge is -2.08. The van der Waals surface area contributed by atoms with E-state index in [0.29, 0.717) is 29.6 Å². The van der Waals surface area contributed by atoms with Gasteiger partial charge in [-0.3, -0.25) is 10.1 Å². The molecule has 0 bridgehead atoms. The normalized spacial score (nSPS) is 10.7. The predicted octanol–water partition coefficient (Wildman–Crippen LogP) is 3.54. The van der Waals surface area contributed by atoms with Crippen molar-refractivity contribution in [2.75, 3.05) is 6.61 Å². The maximum Gasteiger partial charge on any atom is 0.322 e. The number of imide groups is 1. The van der Waals surface area contributed by atoms with E-state index in [2.05, 4.69) is 23.3 Å². The zero-order valence-electron chi connectivity index (χ0n) is 17.5. The molecule has 0 aliphatic heterocycles. The molecule has 0 aliphatic carbocycles. The number of pyridine rings is 1. The second kappa shape index (κ2) is 9.57. The van der Waals surface area contributed by atoms with Gasteiger partial charge in [0.05, 0.1) is 12.8 Å². The van der Waals surface area contributed by atoms with Crippen molar-refractivity contribution in [2.45, 2.75) is 18.5 Å². The molecule has 0 saturated carbocycles. The Bertz CT molecular complexity index is 1270. The van der Waals surface area contributed by atoms with Crippen molar-refractivity contribution in [3.63, 3.8) is 0 Å². The Labute approximate surface area is 191 Å². The fourth-order valence-electron chi connectivity index (χ4n) is 3.48. The lowest BCUT2D eigenvalue weighted by atomic mass is 10.2.